The molecule has 0 saturated carbocycles. The average Bonchev–Trinajstić information content (AvgIpc) is 2.49. The van der Waals surface area contributed by atoms with E-state index >= 15 is 0 Å². The standard InChI is InChI=1S/C15H17N3O3/c1-3-17(4-2)12-10-13(19)18(16-14(12)15(20)21)11-8-6-5-7-9-11/h5-10H,3-4H2,1-2H3,(H,20,21). The molecule has 0 fully saturated rings. The van der Waals surface area contributed by atoms with Crippen molar-refractivity contribution in [1.82, 2.24) is 9.78 Å². The highest BCUT2D eigenvalue weighted by Gasteiger charge is 2.19. The second kappa shape index (κ2) is 6.21. The van der Waals surface area contributed by atoms with Crippen molar-refractivity contribution in [2.75, 3.05) is 18.0 Å². The Morgan fingerprint density at radius 1 is 1.24 bits per heavy atom. The Labute approximate surface area is 122 Å². The van der Waals surface area contributed by atoms with Gasteiger partial charge in [-0.1, -0.05) is 18.2 Å². The van der Waals surface area contributed by atoms with Crippen molar-refractivity contribution < 1.29 is 9.90 Å². The van der Waals surface area contributed by atoms with E-state index in [-0.39, 0.29) is 11.3 Å². The Morgan fingerprint density at radius 2 is 1.86 bits per heavy atom. The van der Waals surface area contributed by atoms with E-state index in [1.807, 2.05) is 19.9 Å². The van der Waals surface area contributed by atoms with Crippen LogP contribution in [0.1, 0.15) is 24.3 Å². The summed E-state index contributed by atoms with van der Waals surface area (Å²) < 4.78 is 1.11. The largest absolute Gasteiger partial charge is 0.476 e. The first kappa shape index (κ1) is 14.8. The molecule has 2 rings (SSSR count). The van der Waals surface area contributed by atoms with Gasteiger partial charge in [-0.25, -0.2) is 4.79 Å². The topological polar surface area (TPSA) is 75.4 Å². The first-order valence-electron chi connectivity index (χ1n) is 6.76. The lowest BCUT2D eigenvalue weighted by Gasteiger charge is -2.22. The monoisotopic (exact) mass is 287 g/mol. The molecule has 0 unspecified atom stereocenters. The Kier molecular flexibility index (Phi) is 4.37. The van der Waals surface area contributed by atoms with Gasteiger partial charge in [0.15, 0.2) is 5.69 Å². The second-order valence-electron chi connectivity index (χ2n) is 4.44. The van der Waals surface area contributed by atoms with Gasteiger partial charge in [0.05, 0.1) is 11.4 Å². The molecular formula is C15H17N3O3. The number of carboxylic acids is 1. The molecule has 0 saturated heterocycles. The van der Waals surface area contributed by atoms with Gasteiger partial charge in [-0.3, -0.25) is 4.79 Å². The average molecular weight is 287 g/mol. The van der Waals surface area contributed by atoms with E-state index < -0.39 is 5.97 Å². The van der Waals surface area contributed by atoms with Crippen LogP contribution in [0.5, 0.6) is 0 Å². The van der Waals surface area contributed by atoms with Gasteiger partial charge < -0.3 is 10.0 Å². The van der Waals surface area contributed by atoms with Crippen LogP contribution in [0.25, 0.3) is 5.69 Å². The summed E-state index contributed by atoms with van der Waals surface area (Å²) in [4.78, 5) is 25.5. The highest BCUT2D eigenvalue weighted by atomic mass is 16.4. The van der Waals surface area contributed by atoms with E-state index in [1.54, 1.807) is 29.2 Å². The maximum absolute atomic E-state index is 12.2. The van der Waals surface area contributed by atoms with Crippen molar-refractivity contribution in [3.05, 3.63) is 52.4 Å². The van der Waals surface area contributed by atoms with Crippen molar-refractivity contribution in [2.45, 2.75) is 13.8 Å². The third-order valence-electron chi connectivity index (χ3n) is 3.22. The van der Waals surface area contributed by atoms with Gasteiger partial charge in [-0.15, -0.1) is 0 Å². The van der Waals surface area contributed by atoms with E-state index in [9.17, 15) is 14.7 Å². The van der Waals surface area contributed by atoms with Gasteiger partial charge in [-0.05, 0) is 26.0 Å². The fraction of sp³-hybridized carbons (Fsp3) is 0.267. The Balaban J connectivity index is 2.65. The summed E-state index contributed by atoms with van der Waals surface area (Å²) in [5.41, 5.74) is 0.413. The highest BCUT2D eigenvalue weighted by Crippen LogP contribution is 2.17. The molecule has 0 amide bonds. The van der Waals surface area contributed by atoms with Gasteiger partial charge in [0.1, 0.15) is 0 Å². The molecule has 0 atom stereocenters. The van der Waals surface area contributed by atoms with Crippen LogP contribution in [0.3, 0.4) is 0 Å². The lowest BCUT2D eigenvalue weighted by atomic mass is 10.2. The molecule has 0 aliphatic carbocycles. The van der Waals surface area contributed by atoms with E-state index in [1.165, 1.54) is 6.07 Å². The third-order valence-corrected chi connectivity index (χ3v) is 3.22. The number of aromatic nitrogens is 2. The van der Waals surface area contributed by atoms with Crippen LogP contribution in [0, 0.1) is 0 Å². The maximum Gasteiger partial charge on any atom is 0.358 e. The molecule has 1 N–H and O–H groups in total. The molecule has 0 aliphatic rings. The molecule has 0 aliphatic heterocycles. The molecule has 0 spiro atoms. The van der Waals surface area contributed by atoms with Gasteiger partial charge >= 0.3 is 5.97 Å². The van der Waals surface area contributed by atoms with Crippen LogP contribution in [0.2, 0.25) is 0 Å². The number of carboxylic acid groups (broad SMARTS) is 1. The zero-order valence-corrected chi connectivity index (χ0v) is 12.0. The van der Waals surface area contributed by atoms with Gasteiger partial charge in [-0.2, -0.15) is 9.78 Å². The number of nitrogens with zero attached hydrogens (tertiary/aromatic N) is 3. The molecule has 0 radical (unpaired) electrons. The molecular weight excluding hydrogens is 270 g/mol. The summed E-state index contributed by atoms with van der Waals surface area (Å²) in [5, 5.41) is 13.4. The zero-order valence-electron chi connectivity index (χ0n) is 12.0. The van der Waals surface area contributed by atoms with Crippen molar-refractivity contribution in [3.63, 3.8) is 0 Å². The summed E-state index contributed by atoms with van der Waals surface area (Å²) >= 11 is 0. The fourth-order valence-corrected chi connectivity index (χ4v) is 2.16. The van der Waals surface area contributed by atoms with Crippen LogP contribution in [0.4, 0.5) is 5.69 Å². The Bertz CT molecular complexity index is 691. The predicted molar refractivity (Wildman–Crippen MR) is 80.4 cm³/mol. The summed E-state index contributed by atoms with van der Waals surface area (Å²) in [5.74, 6) is -1.15. The van der Waals surface area contributed by atoms with E-state index in [0.29, 0.717) is 24.5 Å². The molecule has 6 heteroatoms. The Morgan fingerprint density at radius 3 is 2.38 bits per heavy atom. The number of carbonyl (C=O) groups is 1. The second-order valence-corrected chi connectivity index (χ2v) is 4.44. The fourth-order valence-electron chi connectivity index (χ4n) is 2.16. The van der Waals surface area contributed by atoms with E-state index in [0.717, 1.165) is 4.68 Å². The number of hydrogen-bond donors (Lipinski definition) is 1. The van der Waals surface area contributed by atoms with Crippen molar-refractivity contribution in [3.8, 4) is 5.69 Å². The minimum atomic E-state index is -1.15. The van der Waals surface area contributed by atoms with Gasteiger partial charge in [0, 0.05) is 19.2 Å². The van der Waals surface area contributed by atoms with Crippen molar-refractivity contribution in [1.29, 1.82) is 0 Å². The SMILES string of the molecule is CCN(CC)c1cc(=O)n(-c2ccccc2)nc1C(=O)O. The van der Waals surface area contributed by atoms with Crippen LogP contribution in [0.15, 0.2) is 41.2 Å². The number of rotatable bonds is 5. The van der Waals surface area contributed by atoms with E-state index in [2.05, 4.69) is 5.10 Å². The third kappa shape index (κ3) is 2.94. The number of anilines is 1. The lowest BCUT2D eigenvalue weighted by Crippen LogP contribution is -2.30. The molecule has 110 valence electrons. The van der Waals surface area contributed by atoms with Crippen molar-refractivity contribution in [2.24, 2.45) is 0 Å². The maximum atomic E-state index is 12.2. The van der Waals surface area contributed by atoms with Crippen LogP contribution in [-0.2, 0) is 0 Å². The zero-order chi connectivity index (χ0) is 15.4. The molecule has 2 aromatic rings. The smallest absolute Gasteiger partial charge is 0.358 e. The first-order valence-corrected chi connectivity index (χ1v) is 6.76. The number of benzene rings is 1. The molecule has 1 aromatic carbocycles. The number of hydrogen-bond acceptors (Lipinski definition) is 4. The quantitative estimate of drug-likeness (QED) is 0.907. The van der Waals surface area contributed by atoms with Gasteiger partial charge in [0.2, 0.25) is 0 Å². The normalized spacial score (nSPS) is 10.4. The molecule has 6 nitrogen and oxygen atoms in total. The Hall–Kier alpha value is -2.63. The number of para-hydroxylation sites is 1. The van der Waals surface area contributed by atoms with E-state index in [4.69, 9.17) is 0 Å². The molecule has 1 aromatic heterocycles. The molecule has 21 heavy (non-hydrogen) atoms. The highest BCUT2D eigenvalue weighted by molar-refractivity contribution is 5.92. The first-order chi connectivity index (χ1) is 10.1. The van der Waals surface area contributed by atoms with Crippen LogP contribution in [-0.4, -0.2) is 33.9 Å². The van der Waals surface area contributed by atoms with Crippen LogP contribution >= 0.6 is 0 Å². The predicted octanol–water partition coefficient (Wildman–Crippen LogP) is 1.78. The van der Waals surface area contributed by atoms with Gasteiger partial charge in [0.25, 0.3) is 5.56 Å². The lowest BCUT2D eigenvalue weighted by molar-refractivity contribution is 0.0689. The summed E-state index contributed by atoms with van der Waals surface area (Å²) in [6.07, 6.45) is 0. The summed E-state index contributed by atoms with van der Waals surface area (Å²) in [7, 11) is 0. The minimum Gasteiger partial charge on any atom is -0.476 e. The minimum absolute atomic E-state index is 0.123. The number of aromatic carboxylic acids is 1. The molecule has 0 bridgehead atoms. The molecule has 1 heterocycles. The summed E-state index contributed by atoms with van der Waals surface area (Å²) in [6.45, 7) is 5.01. The van der Waals surface area contributed by atoms with Crippen molar-refractivity contribution >= 4 is 11.7 Å². The van der Waals surface area contributed by atoms with Crippen LogP contribution < -0.4 is 10.5 Å². The summed E-state index contributed by atoms with van der Waals surface area (Å²) in [6, 6.07) is 10.1.